The summed E-state index contributed by atoms with van der Waals surface area (Å²) in [7, 11) is 0. The molecule has 0 saturated heterocycles. The number of aromatic nitrogens is 2. The average molecular weight is 337 g/mol. The maximum atomic E-state index is 9.63. The number of benzene rings is 1. The lowest BCUT2D eigenvalue weighted by atomic mass is 9.95. The van der Waals surface area contributed by atoms with E-state index in [0.29, 0.717) is 0 Å². The average Bonchev–Trinajstić information content (AvgIpc) is 2.80. The van der Waals surface area contributed by atoms with Gasteiger partial charge in [0.05, 0.1) is 5.69 Å². The van der Waals surface area contributed by atoms with Gasteiger partial charge in [-0.1, -0.05) is 28.1 Å². The molecule has 0 spiro atoms. The standard InChI is InChI=1S/C16H21BrN2O/c1-3-19-16(8-12(2)18-19)10-14(11-20)9-13-4-6-15(17)7-5-13/h4-8,14,20H,3,9-11H2,1-2H3. The van der Waals surface area contributed by atoms with E-state index in [2.05, 4.69) is 46.2 Å². The van der Waals surface area contributed by atoms with Gasteiger partial charge in [-0.3, -0.25) is 4.68 Å². The Labute approximate surface area is 128 Å². The van der Waals surface area contributed by atoms with Crippen LogP contribution in [0.15, 0.2) is 34.8 Å². The second kappa shape index (κ2) is 7.04. The van der Waals surface area contributed by atoms with Crippen LogP contribution in [0.3, 0.4) is 0 Å². The fourth-order valence-corrected chi connectivity index (χ4v) is 2.75. The van der Waals surface area contributed by atoms with Gasteiger partial charge >= 0.3 is 0 Å². The maximum Gasteiger partial charge on any atom is 0.0596 e. The van der Waals surface area contributed by atoms with E-state index in [4.69, 9.17) is 0 Å². The van der Waals surface area contributed by atoms with Crippen molar-refractivity contribution in [3.63, 3.8) is 0 Å². The van der Waals surface area contributed by atoms with Gasteiger partial charge in [0, 0.05) is 23.3 Å². The van der Waals surface area contributed by atoms with Gasteiger partial charge in [-0.15, -0.1) is 0 Å². The minimum Gasteiger partial charge on any atom is -0.396 e. The summed E-state index contributed by atoms with van der Waals surface area (Å²) in [6.07, 6.45) is 1.75. The summed E-state index contributed by atoms with van der Waals surface area (Å²) in [4.78, 5) is 0. The maximum absolute atomic E-state index is 9.63. The Kier molecular flexibility index (Phi) is 5.38. The smallest absolute Gasteiger partial charge is 0.0596 e. The Bertz CT molecular complexity index is 548. The SMILES string of the molecule is CCn1nc(C)cc1CC(CO)Cc1ccc(Br)cc1. The molecule has 1 unspecified atom stereocenters. The molecule has 4 heteroatoms. The summed E-state index contributed by atoms with van der Waals surface area (Å²) in [5.41, 5.74) is 3.51. The van der Waals surface area contributed by atoms with Gasteiger partial charge in [-0.2, -0.15) is 5.10 Å². The van der Waals surface area contributed by atoms with Crippen LogP contribution in [0.1, 0.15) is 23.9 Å². The minimum absolute atomic E-state index is 0.198. The highest BCUT2D eigenvalue weighted by Crippen LogP contribution is 2.17. The van der Waals surface area contributed by atoms with E-state index >= 15 is 0 Å². The van der Waals surface area contributed by atoms with Gasteiger partial charge < -0.3 is 5.11 Å². The fraction of sp³-hybridized carbons (Fsp3) is 0.438. The summed E-state index contributed by atoms with van der Waals surface area (Å²) in [6.45, 7) is 5.18. The Balaban J connectivity index is 2.06. The first-order chi connectivity index (χ1) is 9.62. The van der Waals surface area contributed by atoms with Gasteiger partial charge in [0.25, 0.3) is 0 Å². The molecule has 2 aromatic rings. The highest BCUT2D eigenvalue weighted by molar-refractivity contribution is 9.10. The van der Waals surface area contributed by atoms with Crippen LogP contribution in [0.25, 0.3) is 0 Å². The number of aliphatic hydroxyl groups is 1. The lowest BCUT2D eigenvalue weighted by molar-refractivity contribution is 0.223. The normalized spacial score (nSPS) is 12.6. The molecule has 0 aliphatic rings. The van der Waals surface area contributed by atoms with Gasteiger partial charge in [-0.25, -0.2) is 0 Å². The zero-order valence-electron chi connectivity index (χ0n) is 12.0. The highest BCUT2D eigenvalue weighted by atomic mass is 79.9. The Morgan fingerprint density at radius 1 is 1.25 bits per heavy atom. The monoisotopic (exact) mass is 336 g/mol. The molecule has 108 valence electrons. The van der Waals surface area contributed by atoms with Crippen LogP contribution in [0.2, 0.25) is 0 Å². The summed E-state index contributed by atoms with van der Waals surface area (Å²) >= 11 is 3.44. The van der Waals surface area contributed by atoms with Gasteiger partial charge in [0.1, 0.15) is 0 Å². The van der Waals surface area contributed by atoms with E-state index in [9.17, 15) is 5.11 Å². The fourth-order valence-electron chi connectivity index (χ4n) is 2.49. The van der Waals surface area contributed by atoms with Crippen molar-refractivity contribution in [2.75, 3.05) is 6.61 Å². The predicted octanol–water partition coefficient (Wildman–Crippen LogP) is 3.37. The zero-order valence-corrected chi connectivity index (χ0v) is 13.6. The minimum atomic E-state index is 0.198. The first-order valence-electron chi connectivity index (χ1n) is 7.01. The molecule has 3 nitrogen and oxygen atoms in total. The van der Waals surface area contributed by atoms with Crippen LogP contribution in [0.5, 0.6) is 0 Å². The van der Waals surface area contributed by atoms with E-state index in [1.807, 2.05) is 23.7 Å². The van der Waals surface area contributed by atoms with E-state index in [1.54, 1.807) is 0 Å². The predicted molar refractivity (Wildman–Crippen MR) is 84.8 cm³/mol. The number of nitrogens with zero attached hydrogens (tertiary/aromatic N) is 2. The first-order valence-corrected chi connectivity index (χ1v) is 7.80. The van der Waals surface area contributed by atoms with Crippen molar-refractivity contribution in [1.29, 1.82) is 0 Å². The Hall–Kier alpha value is -1.13. The van der Waals surface area contributed by atoms with Gasteiger partial charge in [0.15, 0.2) is 0 Å². The van der Waals surface area contributed by atoms with Crippen molar-refractivity contribution in [3.05, 3.63) is 51.8 Å². The molecule has 1 N–H and O–H groups in total. The molecular weight excluding hydrogens is 316 g/mol. The molecule has 1 aromatic heterocycles. The molecule has 1 heterocycles. The summed E-state index contributed by atoms with van der Waals surface area (Å²) in [5, 5.41) is 14.1. The molecule has 0 aliphatic carbocycles. The van der Waals surface area contributed by atoms with E-state index < -0.39 is 0 Å². The molecule has 0 bridgehead atoms. The molecule has 1 atom stereocenters. The van der Waals surface area contributed by atoms with Crippen LogP contribution in [0.4, 0.5) is 0 Å². The van der Waals surface area contributed by atoms with Gasteiger partial charge in [-0.05, 0) is 56.4 Å². The van der Waals surface area contributed by atoms with Crippen LogP contribution in [-0.2, 0) is 19.4 Å². The molecule has 0 fully saturated rings. The van der Waals surface area contributed by atoms with E-state index in [1.165, 1.54) is 11.3 Å². The number of aryl methyl sites for hydroxylation is 2. The van der Waals surface area contributed by atoms with Crippen molar-refractivity contribution in [2.24, 2.45) is 5.92 Å². The quantitative estimate of drug-likeness (QED) is 0.878. The second-order valence-electron chi connectivity index (χ2n) is 5.18. The lowest BCUT2D eigenvalue weighted by Crippen LogP contribution is -2.15. The molecule has 0 aliphatic heterocycles. The molecule has 1 aromatic carbocycles. The first kappa shape index (κ1) is 15.3. The van der Waals surface area contributed by atoms with Crippen molar-refractivity contribution >= 4 is 15.9 Å². The highest BCUT2D eigenvalue weighted by Gasteiger charge is 2.13. The number of aliphatic hydroxyl groups excluding tert-OH is 1. The number of hydrogen-bond donors (Lipinski definition) is 1. The number of halogens is 1. The van der Waals surface area contributed by atoms with Crippen LogP contribution in [-0.4, -0.2) is 21.5 Å². The van der Waals surface area contributed by atoms with E-state index in [-0.39, 0.29) is 12.5 Å². The largest absolute Gasteiger partial charge is 0.396 e. The second-order valence-corrected chi connectivity index (χ2v) is 6.09. The van der Waals surface area contributed by atoms with Crippen LogP contribution < -0.4 is 0 Å². The zero-order chi connectivity index (χ0) is 14.5. The van der Waals surface area contributed by atoms with Crippen molar-refractivity contribution in [1.82, 2.24) is 9.78 Å². The Morgan fingerprint density at radius 2 is 1.95 bits per heavy atom. The molecule has 20 heavy (non-hydrogen) atoms. The number of rotatable bonds is 6. The summed E-state index contributed by atoms with van der Waals surface area (Å²) in [5.74, 6) is 0.234. The van der Waals surface area contributed by atoms with Crippen LogP contribution >= 0.6 is 15.9 Å². The third-order valence-corrected chi connectivity index (χ3v) is 4.01. The van der Waals surface area contributed by atoms with Crippen molar-refractivity contribution in [2.45, 2.75) is 33.2 Å². The van der Waals surface area contributed by atoms with Crippen molar-refractivity contribution < 1.29 is 5.11 Å². The third-order valence-electron chi connectivity index (χ3n) is 3.48. The van der Waals surface area contributed by atoms with E-state index in [0.717, 1.165) is 29.6 Å². The third kappa shape index (κ3) is 3.93. The summed E-state index contributed by atoms with van der Waals surface area (Å²) < 4.78 is 3.11. The summed E-state index contributed by atoms with van der Waals surface area (Å²) in [6, 6.07) is 10.4. The molecule has 0 amide bonds. The molecule has 0 radical (unpaired) electrons. The topological polar surface area (TPSA) is 38.0 Å². The number of hydrogen-bond acceptors (Lipinski definition) is 2. The Morgan fingerprint density at radius 3 is 2.55 bits per heavy atom. The van der Waals surface area contributed by atoms with Crippen LogP contribution in [0, 0.1) is 12.8 Å². The molecule has 2 rings (SSSR count). The lowest BCUT2D eigenvalue weighted by Gasteiger charge is -2.15. The van der Waals surface area contributed by atoms with Gasteiger partial charge in [0.2, 0.25) is 0 Å². The molecular formula is C16H21BrN2O. The van der Waals surface area contributed by atoms with Crippen molar-refractivity contribution in [3.8, 4) is 0 Å². The molecule has 0 saturated carbocycles.